The summed E-state index contributed by atoms with van der Waals surface area (Å²) in [5.74, 6) is -0.147. The number of fused-ring (bicyclic) bond motifs is 2. The fraction of sp³-hybridized carbons (Fsp3) is 0.222. The molecule has 1 aliphatic rings. The average molecular weight is 307 g/mol. The molecule has 3 aromatic rings. The molecular weight excluding hydrogens is 290 g/mol. The van der Waals surface area contributed by atoms with Gasteiger partial charge in [-0.2, -0.15) is 5.10 Å². The molecule has 0 radical (unpaired) electrons. The number of hydrogen-bond acceptors (Lipinski definition) is 3. The van der Waals surface area contributed by atoms with Crippen LogP contribution in [0.1, 0.15) is 27.7 Å². The van der Waals surface area contributed by atoms with Crippen molar-refractivity contribution in [2.75, 3.05) is 13.2 Å². The van der Waals surface area contributed by atoms with Crippen LogP contribution in [0, 0.1) is 0 Å². The molecule has 0 bridgehead atoms. The molecule has 0 aliphatic carbocycles. The highest BCUT2D eigenvalue weighted by Gasteiger charge is 2.21. The number of nitrogens with zero attached hydrogens (tertiary/aromatic N) is 2. The molecule has 0 fully saturated rings. The number of ether oxygens (including phenoxy) is 1. The Balaban J connectivity index is 1.52. The number of hydrogen-bond donors (Lipinski definition) is 1. The Bertz CT molecular complexity index is 856. The van der Waals surface area contributed by atoms with E-state index in [0.717, 1.165) is 17.5 Å². The van der Waals surface area contributed by atoms with Gasteiger partial charge in [0.05, 0.1) is 18.3 Å². The summed E-state index contributed by atoms with van der Waals surface area (Å²) in [4.78, 5) is 12.5. The smallest absolute Gasteiger partial charge is 0.270 e. The largest absolute Gasteiger partial charge is 0.371 e. The molecule has 1 N–H and O–H groups in total. The summed E-state index contributed by atoms with van der Waals surface area (Å²) in [6.07, 6.45) is 2.51. The third kappa shape index (κ3) is 2.59. The predicted molar refractivity (Wildman–Crippen MR) is 86.4 cm³/mol. The van der Waals surface area contributed by atoms with Crippen LogP contribution in [0.25, 0.3) is 5.52 Å². The highest BCUT2D eigenvalue weighted by atomic mass is 16.5. The predicted octanol–water partition coefficient (Wildman–Crippen LogP) is 2.38. The highest BCUT2D eigenvalue weighted by molar-refractivity contribution is 5.93. The van der Waals surface area contributed by atoms with Crippen LogP contribution in [-0.4, -0.2) is 28.7 Å². The fourth-order valence-electron chi connectivity index (χ4n) is 3.04. The maximum absolute atomic E-state index is 12.5. The molecule has 0 saturated heterocycles. The van der Waals surface area contributed by atoms with E-state index in [0.29, 0.717) is 18.8 Å². The van der Waals surface area contributed by atoms with E-state index in [-0.39, 0.29) is 12.0 Å². The van der Waals surface area contributed by atoms with Crippen molar-refractivity contribution in [2.24, 2.45) is 0 Å². The number of pyridine rings is 1. The van der Waals surface area contributed by atoms with Crippen molar-refractivity contribution >= 4 is 11.4 Å². The van der Waals surface area contributed by atoms with Crippen LogP contribution >= 0.6 is 0 Å². The maximum Gasteiger partial charge on any atom is 0.270 e. The number of aromatic nitrogens is 2. The Morgan fingerprint density at radius 1 is 1.22 bits per heavy atom. The first-order valence-corrected chi connectivity index (χ1v) is 7.73. The van der Waals surface area contributed by atoms with E-state index in [9.17, 15) is 4.79 Å². The Morgan fingerprint density at radius 2 is 2.13 bits per heavy atom. The first-order valence-electron chi connectivity index (χ1n) is 7.73. The van der Waals surface area contributed by atoms with Crippen molar-refractivity contribution in [2.45, 2.75) is 12.5 Å². The van der Waals surface area contributed by atoms with Gasteiger partial charge in [0.1, 0.15) is 11.8 Å². The lowest BCUT2D eigenvalue weighted by Crippen LogP contribution is -2.32. The highest BCUT2D eigenvalue weighted by Crippen LogP contribution is 2.26. The maximum atomic E-state index is 12.5. The minimum Gasteiger partial charge on any atom is -0.371 e. The lowest BCUT2D eigenvalue weighted by atomic mass is 9.97. The van der Waals surface area contributed by atoms with Crippen LogP contribution in [0.2, 0.25) is 0 Å². The first-order chi connectivity index (χ1) is 11.3. The molecule has 4 rings (SSSR count). The molecule has 0 saturated carbocycles. The normalized spacial score (nSPS) is 17.0. The van der Waals surface area contributed by atoms with Crippen LogP contribution in [0.15, 0.2) is 54.7 Å². The van der Waals surface area contributed by atoms with Gasteiger partial charge in [0, 0.05) is 6.54 Å². The van der Waals surface area contributed by atoms with E-state index in [1.165, 1.54) is 5.56 Å². The van der Waals surface area contributed by atoms with Gasteiger partial charge in [-0.3, -0.25) is 4.79 Å². The SMILES string of the molecule is O=C(NC[C@@H]1OCCc2ccccc21)c1cccc2ccnn12. The number of carbonyl (C=O) groups is 1. The fourth-order valence-corrected chi connectivity index (χ4v) is 3.04. The van der Waals surface area contributed by atoms with Crippen molar-refractivity contribution in [1.82, 2.24) is 14.9 Å². The van der Waals surface area contributed by atoms with Crippen LogP contribution < -0.4 is 5.32 Å². The Hall–Kier alpha value is -2.66. The number of nitrogens with one attached hydrogen (secondary N) is 1. The van der Waals surface area contributed by atoms with Gasteiger partial charge in [0.25, 0.3) is 5.91 Å². The van der Waals surface area contributed by atoms with E-state index < -0.39 is 0 Å². The number of rotatable bonds is 3. The molecule has 1 aliphatic heterocycles. The molecule has 3 heterocycles. The zero-order valence-corrected chi connectivity index (χ0v) is 12.6. The minimum absolute atomic E-state index is 0.0966. The van der Waals surface area contributed by atoms with Gasteiger partial charge in [-0.25, -0.2) is 4.52 Å². The van der Waals surface area contributed by atoms with Gasteiger partial charge >= 0.3 is 0 Å². The van der Waals surface area contributed by atoms with E-state index in [1.807, 2.05) is 30.3 Å². The van der Waals surface area contributed by atoms with Crippen molar-refractivity contribution in [3.05, 3.63) is 71.5 Å². The standard InChI is InChI=1S/C18H17N3O2/c22-18(16-7-3-5-14-8-10-20-21(14)16)19-12-17-15-6-2-1-4-13(15)9-11-23-17/h1-8,10,17H,9,11-12H2,(H,19,22)/t17-/m0/s1. The van der Waals surface area contributed by atoms with Gasteiger partial charge in [-0.1, -0.05) is 30.3 Å². The second-order valence-corrected chi connectivity index (χ2v) is 5.60. The first kappa shape index (κ1) is 14.0. The van der Waals surface area contributed by atoms with Crippen molar-refractivity contribution in [3.63, 3.8) is 0 Å². The van der Waals surface area contributed by atoms with Crippen molar-refractivity contribution in [1.29, 1.82) is 0 Å². The van der Waals surface area contributed by atoms with Crippen LogP contribution in [0.4, 0.5) is 0 Å². The molecule has 2 aromatic heterocycles. The van der Waals surface area contributed by atoms with Crippen LogP contribution in [-0.2, 0) is 11.2 Å². The third-order valence-electron chi connectivity index (χ3n) is 4.19. The van der Waals surface area contributed by atoms with E-state index in [4.69, 9.17) is 4.74 Å². The summed E-state index contributed by atoms with van der Waals surface area (Å²) >= 11 is 0. The zero-order chi connectivity index (χ0) is 15.6. The zero-order valence-electron chi connectivity index (χ0n) is 12.6. The summed E-state index contributed by atoms with van der Waals surface area (Å²) in [6.45, 7) is 1.14. The molecule has 116 valence electrons. The van der Waals surface area contributed by atoms with Crippen LogP contribution in [0.5, 0.6) is 0 Å². The lowest BCUT2D eigenvalue weighted by molar-refractivity contribution is 0.0410. The molecule has 23 heavy (non-hydrogen) atoms. The van der Waals surface area contributed by atoms with Gasteiger partial charge in [0.2, 0.25) is 0 Å². The summed E-state index contributed by atoms with van der Waals surface area (Å²) in [5.41, 5.74) is 3.89. The summed E-state index contributed by atoms with van der Waals surface area (Å²) in [6, 6.07) is 15.7. The molecule has 5 nitrogen and oxygen atoms in total. The second-order valence-electron chi connectivity index (χ2n) is 5.60. The molecule has 1 atom stereocenters. The Morgan fingerprint density at radius 3 is 3.09 bits per heavy atom. The molecule has 1 aromatic carbocycles. The number of benzene rings is 1. The summed E-state index contributed by atoms with van der Waals surface area (Å²) < 4.78 is 7.47. The van der Waals surface area contributed by atoms with E-state index in [1.54, 1.807) is 16.8 Å². The van der Waals surface area contributed by atoms with Crippen molar-refractivity contribution < 1.29 is 9.53 Å². The number of carbonyl (C=O) groups excluding carboxylic acids is 1. The van der Waals surface area contributed by atoms with Gasteiger partial charge in [0.15, 0.2) is 0 Å². The second kappa shape index (κ2) is 5.85. The lowest BCUT2D eigenvalue weighted by Gasteiger charge is -2.26. The molecule has 5 heteroatoms. The minimum atomic E-state index is -0.147. The van der Waals surface area contributed by atoms with Gasteiger partial charge in [-0.15, -0.1) is 0 Å². The van der Waals surface area contributed by atoms with Crippen LogP contribution in [0.3, 0.4) is 0 Å². The molecule has 0 unspecified atom stereocenters. The summed E-state index contributed by atoms with van der Waals surface area (Å²) in [5, 5.41) is 7.16. The average Bonchev–Trinajstić information content (AvgIpc) is 3.08. The Kier molecular flexibility index (Phi) is 3.55. The van der Waals surface area contributed by atoms with Crippen molar-refractivity contribution in [3.8, 4) is 0 Å². The molecule has 1 amide bonds. The molecule has 0 spiro atoms. The van der Waals surface area contributed by atoms with Gasteiger partial charge < -0.3 is 10.1 Å². The van der Waals surface area contributed by atoms with Gasteiger partial charge in [-0.05, 0) is 35.7 Å². The number of amides is 1. The quantitative estimate of drug-likeness (QED) is 0.808. The summed E-state index contributed by atoms with van der Waals surface area (Å²) in [7, 11) is 0. The van der Waals surface area contributed by atoms with E-state index in [2.05, 4.69) is 22.5 Å². The topological polar surface area (TPSA) is 55.6 Å². The van der Waals surface area contributed by atoms with E-state index >= 15 is 0 Å². The molecular formula is C18H17N3O2. The monoisotopic (exact) mass is 307 g/mol. The Labute approximate surface area is 133 Å². The third-order valence-corrected chi connectivity index (χ3v) is 4.19.